The van der Waals surface area contributed by atoms with Crippen LogP contribution in [0.3, 0.4) is 0 Å². The summed E-state index contributed by atoms with van der Waals surface area (Å²) in [5.41, 5.74) is 0.00126. The summed E-state index contributed by atoms with van der Waals surface area (Å²) >= 11 is 0. The number of aliphatic hydroxyl groups is 1. The van der Waals surface area contributed by atoms with Crippen LogP contribution in [0.25, 0.3) is 0 Å². The van der Waals surface area contributed by atoms with E-state index in [-0.39, 0.29) is 24.1 Å². The summed E-state index contributed by atoms with van der Waals surface area (Å²) < 4.78 is 0. The molecule has 100 valence electrons. The fraction of sp³-hybridized carbons (Fsp3) is 0.923. The molecule has 0 bridgehead atoms. The molecule has 4 nitrogen and oxygen atoms in total. The van der Waals surface area contributed by atoms with E-state index in [0.29, 0.717) is 12.8 Å². The van der Waals surface area contributed by atoms with Crippen molar-refractivity contribution in [2.75, 3.05) is 13.7 Å². The summed E-state index contributed by atoms with van der Waals surface area (Å²) in [5.74, 6) is 0.0993. The molecule has 0 aromatic carbocycles. The summed E-state index contributed by atoms with van der Waals surface area (Å²) in [6.45, 7) is 2.06. The predicted molar refractivity (Wildman–Crippen MR) is 68.8 cm³/mol. The van der Waals surface area contributed by atoms with E-state index in [9.17, 15) is 4.79 Å². The van der Waals surface area contributed by atoms with E-state index in [2.05, 4.69) is 10.6 Å². The van der Waals surface area contributed by atoms with E-state index >= 15 is 0 Å². The summed E-state index contributed by atoms with van der Waals surface area (Å²) in [5, 5.41) is 15.1. The Balaban J connectivity index is 2.41. The average Bonchev–Trinajstić information content (AvgIpc) is 2.30. The minimum absolute atomic E-state index is 0.00126. The quantitative estimate of drug-likeness (QED) is 0.655. The fourth-order valence-corrected chi connectivity index (χ4v) is 2.64. The van der Waals surface area contributed by atoms with Crippen LogP contribution in [0.2, 0.25) is 0 Å². The van der Waals surface area contributed by atoms with Crippen molar-refractivity contribution in [3.8, 4) is 0 Å². The van der Waals surface area contributed by atoms with Crippen LogP contribution in [0.15, 0.2) is 0 Å². The Bertz CT molecular complexity index is 238. The highest BCUT2D eigenvalue weighted by Crippen LogP contribution is 2.30. The van der Waals surface area contributed by atoms with Gasteiger partial charge in [-0.1, -0.05) is 19.3 Å². The van der Waals surface area contributed by atoms with Gasteiger partial charge in [-0.05, 0) is 33.2 Å². The number of hydrogen-bond donors (Lipinski definition) is 3. The first kappa shape index (κ1) is 14.5. The maximum atomic E-state index is 11.9. The maximum Gasteiger partial charge on any atom is 0.222 e. The van der Waals surface area contributed by atoms with E-state index in [0.717, 1.165) is 12.8 Å². The molecule has 0 saturated heterocycles. The van der Waals surface area contributed by atoms with Gasteiger partial charge in [-0.3, -0.25) is 4.79 Å². The van der Waals surface area contributed by atoms with Gasteiger partial charge in [-0.15, -0.1) is 0 Å². The molecule has 4 heteroatoms. The Morgan fingerprint density at radius 1 is 1.35 bits per heavy atom. The van der Waals surface area contributed by atoms with E-state index in [1.165, 1.54) is 19.3 Å². The van der Waals surface area contributed by atoms with Crippen LogP contribution in [-0.2, 0) is 4.79 Å². The zero-order chi connectivity index (χ0) is 12.7. The fourth-order valence-electron chi connectivity index (χ4n) is 2.64. The number of carbonyl (C=O) groups is 1. The smallest absolute Gasteiger partial charge is 0.222 e. The first-order chi connectivity index (χ1) is 8.12. The lowest BCUT2D eigenvalue weighted by molar-refractivity contribution is -0.123. The second-order valence-corrected chi connectivity index (χ2v) is 5.25. The van der Waals surface area contributed by atoms with Crippen molar-refractivity contribution in [1.29, 1.82) is 0 Å². The molecule has 1 fully saturated rings. The molecule has 0 spiro atoms. The summed E-state index contributed by atoms with van der Waals surface area (Å²) in [4.78, 5) is 11.9. The molecule has 0 aromatic rings. The average molecular weight is 242 g/mol. The first-order valence-corrected chi connectivity index (χ1v) is 6.71. The second-order valence-electron chi connectivity index (χ2n) is 5.25. The van der Waals surface area contributed by atoms with Crippen LogP contribution in [-0.4, -0.2) is 36.2 Å². The van der Waals surface area contributed by atoms with Crippen molar-refractivity contribution in [3.05, 3.63) is 0 Å². The molecule has 0 aliphatic heterocycles. The van der Waals surface area contributed by atoms with Crippen LogP contribution >= 0.6 is 0 Å². The molecule has 0 aromatic heterocycles. The number of rotatable bonds is 6. The van der Waals surface area contributed by atoms with Gasteiger partial charge in [0.1, 0.15) is 0 Å². The van der Waals surface area contributed by atoms with E-state index in [1.807, 2.05) is 14.0 Å². The van der Waals surface area contributed by atoms with Crippen molar-refractivity contribution in [3.63, 3.8) is 0 Å². The molecule has 1 saturated carbocycles. The third-order valence-electron chi connectivity index (χ3n) is 3.81. The predicted octanol–water partition coefficient (Wildman–Crippen LogP) is 1.19. The Labute approximate surface area is 104 Å². The lowest BCUT2D eigenvalue weighted by Gasteiger charge is -2.37. The summed E-state index contributed by atoms with van der Waals surface area (Å²) in [7, 11) is 1.95. The SMILES string of the molecule is CNC1(CC(=O)NC(C)CCO)CCCCC1. The zero-order valence-corrected chi connectivity index (χ0v) is 11.1. The minimum Gasteiger partial charge on any atom is -0.396 e. The Morgan fingerprint density at radius 3 is 2.53 bits per heavy atom. The molecular weight excluding hydrogens is 216 g/mol. The minimum atomic E-state index is 0.00126. The van der Waals surface area contributed by atoms with Crippen LogP contribution in [0.5, 0.6) is 0 Å². The third-order valence-corrected chi connectivity index (χ3v) is 3.81. The summed E-state index contributed by atoms with van der Waals surface area (Å²) in [6.07, 6.45) is 7.06. The van der Waals surface area contributed by atoms with Gasteiger partial charge < -0.3 is 15.7 Å². The van der Waals surface area contributed by atoms with Gasteiger partial charge >= 0.3 is 0 Å². The van der Waals surface area contributed by atoms with Crippen molar-refractivity contribution < 1.29 is 9.90 Å². The van der Waals surface area contributed by atoms with Crippen LogP contribution < -0.4 is 10.6 Å². The maximum absolute atomic E-state index is 11.9. The Morgan fingerprint density at radius 2 is 2.00 bits per heavy atom. The van der Waals surface area contributed by atoms with Crippen LogP contribution in [0.1, 0.15) is 51.9 Å². The van der Waals surface area contributed by atoms with Crippen LogP contribution in [0.4, 0.5) is 0 Å². The van der Waals surface area contributed by atoms with Gasteiger partial charge in [-0.25, -0.2) is 0 Å². The lowest BCUT2D eigenvalue weighted by Crippen LogP contribution is -2.49. The monoisotopic (exact) mass is 242 g/mol. The second kappa shape index (κ2) is 6.97. The molecule has 0 heterocycles. The molecule has 1 aliphatic rings. The van der Waals surface area contributed by atoms with Gasteiger partial charge in [0.2, 0.25) is 5.91 Å². The lowest BCUT2D eigenvalue weighted by atomic mass is 9.79. The largest absolute Gasteiger partial charge is 0.396 e. The standard InChI is InChI=1S/C13H26N2O2/c1-11(6-9-16)15-12(17)10-13(14-2)7-4-3-5-8-13/h11,14,16H,3-10H2,1-2H3,(H,15,17). The Hall–Kier alpha value is -0.610. The topological polar surface area (TPSA) is 61.4 Å². The molecule has 1 rings (SSSR count). The number of carbonyl (C=O) groups excluding carboxylic acids is 1. The van der Waals surface area contributed by atoms with Gasteiger partial charge in [0.05, 0.1) is 0 Å². The highest BCUT2D eigenvalue weighted by Gasteiger charge is 2.32. The van der Waals surface area contributed by atoms with Gasteiger partial charge in [0.15, 0.2) is 0 Å². The molecule has 1 atom stereocenters. The number of hydrogen-bond acceptors (Lipinski definition) is 3. The van der Waals surface area contributed by atoms with Crippen molar-refractivity contribution in [1.82, 2.24) is 10.6 Å². The molecule has 1 amide bonds. The van der Waals surface area contributed by atoms with Crippen molar-refractivity contribution >= 4 is 5.91 Å². The van der Waals surface area contributed by atoms with Gasteiger partial charge in [-0.2, -0.15) is 0 Å². The van der Waals surface area contributed by atoms with Gasteiger partial charge in [0, 0.05) is 24.6 Å². The van der Waals surface area contributed by atoms with Crippen molar-refractivity contribution in [2.24, 2.45) is 0 Å². The third kappa shape index (κ3) is 4.64. The van der Waals surface area contributed by atoms with Gasteiger partial charge in [0.25, 0.3) is 0 Å². The van der Waals surface area contributed by atoms with Crippen LogP contribution in [0, 0.1) is 0 Å². The highest BCUT2D eigenvalue weighted by atomic mass is 16.3. The van der Waals surface area contributed by atoms with E-state index < -0.39 is 0 Å². The molecule has 1 unspecified atom stereocenters. The molecule has 3 N–H and O–H groups in total. The molecule has 1 aliphatic carbocycles. The normalized spacial score (nSPS) is 20.9. The molecule has 17 heavy (non-hydrogen) atoms. The zero-order valence-electron chi connectivity index (χ0n) is 11.1. The molecular formula is C13H26N2O2. The number of aliphatic hydroxyl groups excluding tert-OH is 1. The van der Waals surface area contributed by atoms with E-state index in [1.54, 1.807) is 0 Å². The summed E-state index contributed by atoms with van der Waals surface area (Å²) in [6, 6.07) is 0.0602. The van der Waals surface area contributed by atoms with Crippen molar-refractivity contribution in [2.45, 2.75) is 63.5 Å². The first-order valence-electron chi connectivity index (χ1n) is 6.71. The highest BCUT2D eigenvalue weighted by molar-refractivity contribution is 5.77. The number of nitrogens with one attached hydrogen (secondary N) is 2. The Kier molecular flexibility index (Phi) is 5.92. The number of amides is 1. The molecule has 0 radical (unpaired) electrons. The van der Waals surface area contributed by atoms with E-state index in [4.69, 9.17) is 5.11 Å².